The first kappa shape index (κ1) is 24.5. The summed E-state index contributed by atoms with van der Waals surface area (Å²) in [7, 11) is 0. The second kappa shape index (κ2) is 11.3. The number of aryl methyl sites for hydroxylation is 1. The molecule has 5 nitrogen and oxygen atoms in total. The van der Waals surface area contributed by atoms with Crippen LogP contribution in [0.2, 0.25) is 10.0 Å². The summed E-state index contributed by atoms with van der Waals surface area (Å²) in [5.41, 5.74) is 4.40. The van der Waals surface area contributed by atoms with Crippen LogP contribution < -0.4 is 5.32 Å². The van der Waals surface area contributed by atoms with Gasteiger partial charge in [0.1, 0.15) is 5.82 Å². The largest absolute Gasteiger partial charge is 0.366 e. The summed E-state index contributed by atoms with van der Waals surface area (Å²) < 4.78 is 2.79. The summed E-state index contributed by atoms with van der Waals surface area (Å²) in [4.78, 5) is 9.25. The Bertz CT molecular complexity index is 1290. The average Bonchev–Trinajstić information content (AvgIpc) is 3.09. The van der Waals surface area contributed by atoms with E-state index in [2.05, 4.69) is 49.5 Å². The maximum absolute atomic E-state index is 6.21. The molecule has 1 saturated carbocycles. The molecule has 8 heteroatoms. The van der Waals surface area contributed by atoms with Crippen LogP contribution in [-0.4, -0.2) is 19.6 Å². The fourth-order valence-corrected chi connectivity index (χ4v) is 5.68. The molecule has 0 radical (unpaired) electrons. The van der Waals surface area contributed by atoms with E-state index in [0.29, 0.717) is 22.5 Å². The second-order valence-corrected chi connectivity index (χ2v) is 11.0. The Hall–Kier alpha value is -2.15. The highest BCUT2D eigenvalue weighted by Crippen LogP contribution is 2.37. The highest BCUT2D eigenvalue weighted by molar-refractivity contribution is 9.10. The summed E-state index contributed by atoms with van der Waals surface area (Å²) in [6.45, 7) is 0.686. The number of nitrogens with one attached hydrogen (secondary N) is 1. The van der Waals surface area contributed by atoms with Crippen LogP contribution >= 0.6 is 39.1 Å². The molecule has 3 heterocycles. The van der Waals surface area contributed by atoms with Gasteiger partial charge in [-0.2, -0.15) is 9.61 Å². The van der Waals surface area contributed by atoms with Crippen LogP contribution in [0.15, 0.2) is 59.5 Å². The van der Waals surface area contributed by atoms with E-state index < -0.39 is 0 Å². The van der Waals surface area contributed by atoms with Gasteiger partial charge < -0.3 is 5.32 Å². The van der Waals surface area contributed by atoms with Gasteiger partial charge in [-0.15, -0.1) is 0 Å². The third kappa shape index (κ3) is 5.99. The molecule has 182 valence electrons. The first-order valence-corrected chi connectivity index (χ1v) is 13.7. The molecule has 0 spiro atoms. The molecule has 0 saturated heterocycles. The molecule has 1 aromatic carbocycles. The zero-order valence-electron chi connectivity index (χ0n) is 19.4. The Labute approximate surface area is 224 Å². The van der Waals surface area contributed by atoms with Gasteiger partial charge in [0.05, 0.1) is 20.7 Å². The van der Waals surface area contributed by atoms with E-state index in [4.69, 9.17) is 28.2 Å². The molecule has 2 atom stereocenters. The molecule has 4 aromatic rings. The molecule has 1 N–H and O–H groups in total. The number of benzene rings is 1. The smallest absolute Gasteiger partial charge is 0.171 e. The molecule has 1 fully saturated rings. The number of rotatable bonds is 7. The topological polar surface area (TPSA) is 55.1 Å². The lowest BCUT2D eigenvalue weighted by molar-refractivity contribution is 0.425. The van der Waals surface area contributed by atoms with Crippen LogP contribution in [0.1, 0.15) is 61.3 Å². The lowest BCUT2D eigenvalue weighted by Gasteiger charge is -2.17. The minimum atomic E-state index is 0.454. The van der Waals surface area contributed by atoms with Gasteiger partial charge in [0.25, 0.3) is 0 Å². The number of pyridine rings is 1. The van der Waals surface area contributed by atoms with Gasteiger partial charge >= 0.3 is 0 Å². The van der Waals surface area contributed by atoms with Gasteiger partial charge in [0, 0.05) is 36.6 Å². The van der Waals surface area contributed by atoms with Gasteiger partial charge in [-0.25, -0.2) is 4.98 Å². The average molecular weight is 573 g/mol. The molecule has 2 unspecified atom stereocenters. The number of aromatic nitrogens is 4. The van der Waals surface area contributed by atoms with Crippen LogP contribution in [-0.2, 0) is 13.0 Å². The molecular weight excluding hydrogens is 545 g/mol. The Kier molecular flexibility index (Phi) is 7.91. The van der Waals surface area contributed by atoms with Crippen molar-refractivity contribution in [1.82, 2.24) is 19.6 Å². The maximum atomic E-state index is 6.21. The van der Waals surface area contributed by atoms with Crippen LogP contribution in [0.5, 0.6) is 0 Å². The standard InChI is InChI=1S/C27H28BrCl2N5/c28-22-17-33-35-26(32-16-20-4-2-12-31-15-20)14-25(34-27(22)35)21-5-1-3-18(8-10-21)6-7-19-9-11-23(29)24(30)13-19/h2,4,9,11-15,17-18,21,32H,1,3,5-8,10,16H2. The zero-order chi connectivity index (χ0) is 24.2. The quantitative estimate of drug-likeness (QED) is 0.227. The fraction of sp³-hybridized carbons (Fsp3) is 0.370. The Balaban J connectivity index is 1.28. The predicted octanol–water partition coefficient (Wildman–Crippen LogP) is 8.10. The molecule has 5 rings (SSSR count). The van der Waals surface area contributed by atoms with E-state index in [1.54, 1.807) is 6.20 Å². The number of halogens is 3. The molecule has 1 aliphatic carbocycles. The molecular formula is C27H28BrCl2N5. The van der Waals surface area contributed by atoms with E-state index in [-0.39, 0.29) is 0 Å². The summed E-state index contributed by atoms with van der Waals surface area (Å²) in [6, 6.07) is 12.2. The minimum Gasteiger partial charge on any atom is -0.366 e. The molecule has 0 bridgehead atoms. The van der Waals surface area contributed by atoms with E-state index in [9.17, 15) is 0 Å². The summed E-state index contributed by atoms with van der Waals surface area (Å²) >= 11 is 15.9. The first-order chi connectivity index (χ1) is 17.1. The van der Waals surface area contributed by atoms with Gasteiger partial charge in [0.15, 0.2) is 5.65 Å². The van der Waals surface area contributed by atoms with Gasteiger partial charge in [0.2, 0.25) is 0 Å². The van der Waals surface area contributed by atoms with Crippen molar-refractivity contribution < 1.29 is 0 Å². The third-order valence-corrected chi connectivity index (χ3v) is 8.28. The Morgan fingerprint density at radius 1 is 1.00 bits per heavy atom. The summed E-state index contributed by atoms with van der Waals surface area (Å²) in [6.07, 6.45) is 13.7. The van der Waals surface area contributed by atoms with Crippen LogP contribution in [0, 0.1) is 5.92 Å². The molecule has 1 aliphatic rings. The van der Waals surface area contributed by atoms with Crippen molar-refractivity contribution in [3.05, 3.63) is 86.3 Å². The highest BCUT2D eigenvalue weighted by Gasteiger charge is 2.23. The molecule has 0 amide bonds. The van der Waals surface area contributed by atoms with E-state index in [1.165, 1.54) is 37.7 Å². The Morgan fingerprint density at radius 2 is 1.91 bits per heavy atom. The van der Waals surface area contributed by atoms with Gasteiger partial charge in [-0.3, -0.25) is 4.98 Å². The SMILES string of the molecule is Clc1ccc(CCC2CCCC(c3cc(NCc4cccnc4)n4ncc(Br)c4n3)CC2)cc1Cl. The number of hydrogen-bond donors (Lipinski definition) is 1. The lowest BCUT2D eigenvalue weighted by atomic mass is 9.91. The van der Waals surface area contributed by atoms with Crippen molar-refractivity contribution in [1.29, 1.82) is 0 Å². The van der Waals surface area contributed by atoms with Crippen molar-refractivity contribution >= 4 is 50.6 Å². The molecule has 0 aliphatic heterocycles. The second-order valence-electron chi connectivity index (χ2n) is 9.37. The van der Waals surface area contributed by atoms with E-state index >= 15 is 0 Å². The van der Waals surface area contributed by atoms with Gasteiger partial charge in [-0.1, -0.05) is 48.2 Å². The van der Waals surface area contributed by atoms with Crippen molar-refractivity contribution in [2.24, 2.45) is 5.92 Å². The monoisotopic (exact) mass is 571 g/mol. The summed E-state index contributed by atoms with van der Waals surface area (Å²) in [5.74, 6) is 2.14. The van der Waals surface area contributed by atoms with Crippen molar-refractivity contribution in [3.63, 3.8) is 0 Å². The van der Waals surface area contributed by atoms with Crippen LogP contribution in [0.3, 0.4) is 0 Å². The zero-order valence-corrected chi connectivity index (χ0v) is 22.5. The van der Waals surface area contributed by atoms with Crippen LogP contribution in [0.4, 0.5) is 5.82 Å². The number of hydrogen-bond acceptors (Lipinski definition) is 4. The first-order valence-electron chi connectivity index (χ1n) is 12.2. The maximum Gasteiger partial charge on any atom is 0.171 e. The number of fused-ring (bicyclic) bond motifs is 1. The van der Waals surface area contributed by atoms with Gasteiger partial charge in [-0.05, 0) is 83.3 Å². The Morgan fingerprint density at radius 3 is 2.74 bits per heavy atom. The normalized spacial score (nSPS) is 18.5. The number of nitrogens with zero attached hydrogens (tertiary/aromatic N) is 4. The van der Waals surface area contributed by atoms with Crippen molar-refractivity contribution in [2.45, 2.75) is 57.4 Å². The lowest BCUT2D eigenvalue weighted by Crippen LogP contribution is -2.10. The molecule has 35 heavy (non-hydrogen) atoms. The van der Waals surface area contributed by atoms with Crippen molar-refractivity contribution in [2.75, 3.05) is 5.32 Å². The fourth-order valence-electron chi connectivity index (χ4n) is 5.01. The third-order valence-electron chi connectivity index (χ3n) is 6.98. The minimum absolute atomic E-state index is 0.454. The predicted molar refractivity (Wildman–Crippen MR) is 146 cm³/mol. The number of anilines is 1. The van der Waals surface area contributed by atoms with E-state index in [1.807, 2.05) is 35.1 Å². The van der Waals surface area contributed by atoms with E-state index in [0.717, 1.165) is 46.0 Å². The summed E-state index contributed by atoms with van der Waals surface area (Å²) in [5, 5.41) is 9.34. The van der Waals surface area contributed by atoms with Crippen molar-refractivity contribution in [3.8, 4) is 0 Å². The molecule has 3 aromatic heterocycles. The van der Waals surface area contributed by atoms with Crippen LogP contribution in [0.25, 0.3) is 5.65 Å². The highest BCUT2D eigenvalue weighted by atomic mass is 79.9.